The van der Waals surface area contributed by atoms with Crippen molar-refractivity contribution in [2.45, 2.75) is 25.6 Å². The van der Waals surface area contributed by atoms with Gasteiger partial charge in [0.2, 0.25) is 0 Å². The fourth-order valence-corrected chi connectivity index (χ4v) is 1.83. The molecule has 0 spiro atoms. The van der Waals surface area contributed by atoms with Crippen LogP contribution in [0.2, 0.25) is 0 Å². The number of hydrogen-bond acceptors (Lipinski definition) is 4. The van der Waals surface area contributed by atoms with Gasteiger partial charge in [-0.05, 0) is 26.0 Å². The summed E-state index contributed by atoms with van der Waals surface area (Å²) >= 11 is 0. The summed E-state index contributed by atoms with van der Waals surface area (Å²) in [5.41, 5.74) is -2.80. The Morgan fingerprint density at radius 2 is 1.76 bits per heavy atom. The second kappa shape index (κ2) is 4.91. The summed E-state index contributed by atoms with van der Waals surface area (Å²) in [6.45, 7) is 2.51. The maximum absolute atomic E-state index is 12.9. The van der Waals surface area contributed by atoms with E-state index in [2.05, 4.69) is 0 Å². The lowest BCUT2D eigenvalue weighted by atomic mass is 10.0. The fourth-order valence-electron chi connectivity index (χ4n) is 1.83. The highest BCUT2D eigenvalue weighted by Gasteiger charge is 2.53. The van der Waals surface area contributed by atoms with E-state index in [0.717, 1.165) is 0 Å². The maximum atomic E-state index is 12.9. The van der Waals surface area contributed by atoms with Crippen molar-refractivity contribution in [3.63, 3.8) is 0 Å². The number of rotatable bonds is 2. The Hall–Kier alpha value is -2.31. The topological polar surface area (TPSA) is 46.6 Å². The summed E-state index contributed by atoms with van der Waals surface area (Å²) < 4.78 is 38.8. The molecule has 0 bridgehead atoms. The molecule has 7 heteroatoms. The lowest BCUT2D eigenvalue weighted by Crippen LogP contribution is -2.47. The highest BCUT2D eigenvalue weighted by molar-refractivity contribution is 6.00. The van der Waals surface area contributed by atoms with Gasteiger partial charge in [0.1, 0.15) is 5.54 Å². The standard InChI is InChI=1S/C14H12F3NO3/c1-13(2)11(19)8-10(14(15,16)17)18(13)21-12(20)9-6-4-3-5-7-9/h3-8H,1-2H3. The van der Waals surface area contributed by atoms with Gasteiger partial charge in [-0.15, -0.1) is 0 Å². The number of hydrogen-bond donors (Lipinski definition) is 0. The summed E-state index contributed by atoms with van der Waals surface area (Å²) in [4.78, 5) is 28.4. The Morgan fingerprint density at radius 3 is 2.29 bits per heavy atom. The van der Waals surface area contributed by atoms with Gasteiger partial charge < -0.3 is 4.84 Å². The van der Waals surface area contributed by atoms with E-state index in [9.17, 15) is 22.8 Å². The first-order valence-corrected chi connectivity index (χ1v) is 6.05. The van der Waals surface area contributed by atoms with Crippen LogP contribution in [0.3, 0.4) is 0 Å². The average Bonchev–Trinajstić information content (AvgIpc) is 2.63. The lowest BCUT2D eigenvalue weighted by Gasteiger charge is -2.32. The summed E-state index contributed by atoms with van der Waals surface area (Å²) in [7, 11) is 0. The number of hydroxylamine groups is 2. The van der Waals surface area contributed by atoms with Crippen molar-refractivity contribution in [2.24, 2.45) is 0 Å². The molecule has 1 aromatic carbocycles. The van der Waals surface area contributed by atoms with Gasteiger partial charge in [0.05, 0.1) is 5.56 Å². The van der Waals surface area contributed by atoms with Crippen LogP contribution in [-0.2, 0) is 9.63 Å². The zero-order valence-corrected chi connectivity index (χ0v) is 11.3. The third-order valence-electron chi connectivity index (χ3n) is 3.07. The van der Waals surface area contributed by atoms with Gasteiger partial charge in [-0.2, -0.15) is 18.2 Å². The lowest BCUT2D eigenvalue weighted by molar-refractivity contribution is -0.191. The molecule has 0 amide bonds. The molecule has 112 valence electrons. The summed E-state index contributed by atoms with van der Waals surface area (Å²) in [5, 5.41) is 0.324. The number of carbonyl (C=O) groups is 2. The Balaban J connectivity index is 2.30. The van der Waals surface area contributed by atoms with Gasteiger partial charge in [0.25, 0.3) is 0 Å². The third-order valence-corrected chi connectivity index (χ3v) is 3.07. The molecular formula is C14H12F3NO3. The van der Waals surface area contributed by atoms with Crippen LogP contribution in [0.1, 0.15) is 24.2 Å². The summed E-state index contributed by atoms with van der Waals surface area (Å²) in [6.07, 6.45) is -4.35. The monoisotopic (exact) mass is 299 g/mol. The fraction of sp³-hybridized carbons (Fsp3) is 0.286. The van der Waals surface area contributed by atoms with Gasteiger partial charge in [-0.25, -0.2) is 4.79 Å². The smallest absolute Gasteiger partial charge is 0.334 e. The summed E-state index contributed by atoms with van der Waals surface area (Å²) in [5.74, 6) is -1.75. The van der Waals surface area contributed by atoms with Crippen molar-refractivity contribution in [1.82, 2.24) is 5.06 Å². The number of carbonyl (C=O) groups excluding carboxylic acids is 2. The van der Waals surface area contributed by atoms with E-state index in [1.165, 1.54) is 26.0 Å². The highest BCUT2D eigenvalue weighted by Crippen LogP contribution is 2.39. The second-order valence-corrected chi connectivity index (χ2v) is 4.99. The Labute approximate surface area is 118 Å². The maximum Gasteiger partial charge on any atom is 0.434 e. The zero-order chi connectivity index (χ0) is 15.8. The zero-order valence-electron chi connectivity index (χ0n) is 11.3. The molecule has 0 aromatic heterocycles. The number of benzene rings is 1. The molecule has 21 heavy (non-hydrogen) atoms. The molecule has 1 heterocycles. The normalized spacial score (nSPS) is 17.7. The Morgan fingerprint density at radius 1 is 1.19 bits per heavy atom. The quantitative estimate of drug-likeness (QED) is 0.842. The first-order valence-electron chi connectivity index (χ1n) is 6.05. The minimum Gasteiger partial charge on any atom is -0.334 e. The van der Waals surface area contributed by atoms with Gasteiger partial charge in [-0.3, -0.25) is 4.79 Å². The van der Waals surface area contributed by atoms with Gasteiger partial charge >= 0.3 is 12.1 Å². The van der Waals surface area contributed by atoms with Crippen molar-refractivity contribution in [2.75, 3.05) is 0 Å². The molecule has 0 saturated carbocycles. The van der Waals surface area contributed by atoms with E-state index >= 15 is 0 Å². The number of nitrogens with zero attached hydrogens (tertiary/aromatic N) is 1. The average molecular weight is 299 g/mol. The molecule has 0 atom stereocenters. The Bertz CT molecular complexity index is 606. The molecule has 0 fully saturated rings. The van der Waals surface area contributed by atoms with Crippen LogP contribution in [0.5, 0.6) is 0 Å². The number of halogens is 3. The number of allylic oxidation sites excluding steroid dienone is 1. The van der Waals surface area contributed by atoms with E-state index < -0.39 is 29.2 Å². The van der Waals surface area contributed by atoms with Crippen LogP contribution < -0.4 is 0 Å². The number of ketones is 1. The van der Waals surface area contributed by atoms with Crippen LogP contribution in [0, 0.1) is 0 Å². The van der Waals surface area contributed by atoms with Crippen molar-refractivity contribution in [3.8, 4) is 0 Å². The van der Waals surface area contributed by atoms with Crippen molar-refractivity contribution in [1.29, 1.82) is 0 Å². The molecule has 1 aliphatic rings. The molecule has 0 unspecified atom stereocenters. The first kappa shape index (κ1) is 15.1. The molecule has 0 radical (unpaired) electrons. The predicted molar refractivity (Wildman–Crippen MR) is 66.9 cm³/mol. The molecule has 0 aliphatic carbocycles. The molecule has 0 saturated heterocycles. The van der Waals surface area contributed by atoms with Crippen molar-refractivity contribution >= 4 is 11.8 Å². The van der Waals surface area contributed by atoms with Crippen molar-refractivity contribution in [3.05, 3.63) is 47.7 Å². The molecule has 4 nitrogen and oxygen atoms in total. The first-order chi connectivity index (χ1) is 9.64. The largest absolute Gasteiger partial charge is 0.434 e. The molecule has 2 rings (SSSR count). The van der Waals surface area contributed by atoms with E-state index in [4.69, 9.17) is 4.84 Å². The van der Waals surface area contributed by atoms with E-state index in [1.54, 1.807) is 18.2 Å². The Kier molecular flexibility index (Phi) is 3.52. The number of alkyl halides is 3. The second-order valence-electron chi connectivity index (χ2n) is 4.99. The van der Waals surface area contributed by atoms with E-state index in [1.807, 2.05) is 0 Å². The molecule has 0 N–H and O–H groups in total. The van der Waals surface area contributed by atoms with Crippen LogP contribution >= 0.6 is 0 Å². The van der Waals surface area contributed by atoms with E-state index in [-0.39, 0.29) is 5.56 Å². The summed E-state index contributed by atoms with van der Waals surface area (Å²) in [6, 6.07) is 7.57. The van der Waals surface area contributed by atoms with Gasteiger partial charge in [0, 0.05) is 6.08 Å². The highest BCUT2D eigenvalue weighted by atomic mass is 19.4. The SMILES string of the molecule is CC1(C)C(=O)C=C(C(F)(F)F)N1OC(=O)c1ccccc1. The predicted octanol–water partition coefficient (Wildman–Crippen LogP) is 2.87. The van der Waals surface area contributed by atoms with Crippen LogP contribution in [0.4, 0.5) is 13.2 Å². The molecule has 1 aromatic rings. The van der Waals surface area contributed by atoms with Gasteiger partial charge in [-0.1, -0.05) is 18.2 Å². The van der Waals surface area contributed by atoms with Crippen LogP contribution in [0.25, 0.3) is 0 Å². The van der Waals surface area contributed by atoms with Crippen molar-refractivity contribution < 1.29 is 27.6 Å². The third kappa shape index (κ3) is 2.76. The van der Waals surface area contributed by atoms with Gasteiger partial charge in [0.15, 0.2) is 11.5 Å². The minimum atomic E-state index is -4.79. The van der Waals surface area contributed by atoms with Crippen LogP contribution in [0.15, 0.2) is 42.1 Å². The minimum absolute atomic E-state index is 0.0918. The van der Waals surface area contributed by atoms with Crippen LogP contribution in [-0.4, -0.2) is 28.5 Å². The molecular weight excluding hydrogens is 287 g/mol. The molecule has 1 aliphatic heterocycles. The van der Waals surface area contributed by atoms with E-state index in [0.29, 0.717) is 11.1 Å².